The van der Waals surface area contributed by atoms with E-state index in [9.17, 15) is 9.59 Å². The van der Waals surface area contributed by atoms with Gasteiger partial charge in [-0.2, -0.15) is 0 Å². The van der Waals surface area contributed by atoms with Gasteiger partial charge in [-0.05, 0) is 24.0 Å². The van der Waals surface area contributed by atoms with E-state index in [1.807, 2.05) is 6.07 Å². The van der Waals surface area contributed by atoms with E-state index in [2.05, 4.69) is 36.6 Å². The quantitative estimate of drug-likeness (QED) is 0.794. The summed E-state index contributed by atoms with van der Waals surface area (Å²) in [6.07, 6.45) is 2.02. The van der Waals surface area contributed by atoms with Crippen molar-refractivity contribution >= 4 is 17.5 Å². The van der Waals surface area contributed by atoms with Crippen LogP contribution in [-0.2, 0) is 22.4 Å². The van der Waals surface area contributed by atoms with Crippen molar-refractivity contribution in [2.45, 2.75) is 39.2 Å². The van der Waals surface area contributed by atoms with Gasteiger partial charge in [-0.15, -0.1) is 0 Å². The number of rotatable bonds is 4. The van der Waals surface area contributed by atoms with Crippen LogP contribution < -0.4 is 10.6 Å². The summed E-state index contributed by atoms with van der Waals surface area (Å²) >= 11 is 0. The Labute approximate surface area is 107 Å². The second-order valence-corrected chi connectivity index (χ2v) is 4.47. The SMILES string of the molecule is CCc1cccc(CC)c1NC1CC(=O)NC1=O. The van der Waals surface area contributed by atoms with E-state index in [1.54, 1.807) is 0 Å². The minimum absolute atomic E-state index is 0.204. The summed E-state index contributed by atoms with van der Waals surface area (Å²) in [5, 5.41) is 5.55. The fraction of sp³-hybridized carbons (Fsp3) is 0.429. The van der Waals surface area contributed by atoms with Gasteiger partial charge in [0.25, 0.3) is 0 Å². The molecular weight excluding hydrogens is 228 g/mol. The van der Waals surface area contributed by atoms with Crippen molar-refractivity contribution in [1.82, 2.24) is 5.32 Å². The van der Waals surface area contributed by atoms with Crippen LogP contribution in [0.2, 0.25) is 0 Å². The van der Waals surface area contributed by atoms with Gasteiger partial charge in [-0.1, -0.05) is 32.0 Å². The molecule has 2 amide bonds. The van der Waals surface area contributed by atoms with E-state index in [-0.39, 0.29) is 18.2 Å². The van der Waals surface area contributed by atoms with Crippen LogP contribution in [0.15, 0.2) is 18.2 Å². The Bertz CT molecular complexity index is 460. The molecule has 0 aromatic heterocycles. The van der Waals surface area contributed by atoms with Gasteiger partial charge in [0.2, 0.25) is 11.8 Å². The Morgan fingerprint density at radius 2 is 1.83 bits per heavy atom. The van der Waals surface area contributed by atoms with Crippen molar-refractivity contribution in [2.24, 2.45) is 0 Å². The number of benzene rings is 1. The second-order valence-electron chi connectivity index (χ2n) is 4.47. The maximum Gasteiger partial charge on any atom is 0.249 e. The van der Waals surface area contributed by atoms with Gasteiger partial charge >= 0.3 is 0 Å². The second kappa shape index (κ2) is 5.21. The van der Waals surface area contributed by atoms with E-state index in [0.29, 0.717) is 0 Å². The highest BCUT2D eigenvalue weighted by Gasteiger charge is 2.31. The van der Waals surface area contributed by atoms with Gasteiger partial charge in [0.15, 0.2) is 0 Å². The summed E-state index contributed by atoms with van der Waals surface area (Å²) in [5.74, 6) is -0.433. The molecule has 1 saturated heterocycles. The number of nitrogens with one attached hydrogen (secondary N) is 2. The molecule has 0 spiro atoms. The molecule has 4 nitrogen and oxygen atoms in total. The van der Waals surface area contributed by atoms with E-state index < -0.39 is 6.04 Å². The first-order chi connectivity index (χ1) is 8.65. The van der Waals surface area contributed by atoms with E-state index >= 15 is 0 Å². The molecule has 0 radical (unpaired) electrons. The van der Waals surface area contributed by atoms with Gasteiger partial charge < -0.3 is 5.32 Å². The molecule has 4 heteroatoms. The first kappa shape index (κ1) is 12.6. The van der Waals surface area contributed by atoms with Gasteiger partial charge in [0, 0.05) is 5.69 Å². The molecular formula is C14H18N2O2. The summed E-state index contributed by atoms with van der Waals surface area (Å²) in [5.41, 5.74) is 3.38. The Morgan fingerprint density at radius 1 is 1.22 bits per heavy atom. The van der Waals surface area contributed by atoms with Crippen molar-refractivity contribution < 1.29 is 9.59 Å². The highest BCUT2D eigenvalue weighted by atomic mass is 16.2. The van der Waals surface area contributed by atoms with Crippen LogP contribution in [0.5, 0.6) is 0 Å². The van der Waals surface area contributed by atoms with Gasteiger partial charge in [-0.3, -0.25) is 14.9 Å². The molecule has 2 N–H and O–H groups in total. The zero-order chi connectivity index (χ0) is 13.1. The third kappa shape index (κ3) is 2.37. The standard InChI is InChI=1S/C14H18N2O2/c1-3-9-6-5-7-10(4-2)13(9)15-11-8-12(17)16-14(11)18/h5-7,11,15H,3-4,8H2,1-2H3,(H,16,17,18). The van der Waals surface area contributed by atoms with Gasteiger partial charge in [0.05, 0.1) is 6.42 Å². The Balaban J connectivity index is 2.27. The molecule has 0 aliphatic carbocycles. The monoisotopic (exact) mass is 246 g/mol. The molecule has 0 saturated carbocycles. The molecule has 1 heterocycles. The molecule has 1 fully saturated rings. The number of carbonyl (C=O) groups is 2. The summed E-state index contributed by atoms with van der Waals surface area (Å²) in [6.45, 7) is 4.17. The smallest absolute Gasteiger partial charge is 0.249 e. The van der Waals surface area contributed by atoms with Crippen LogP contribution in [0.25, 0.3) is 0 Å². The van der Waals surface area contributed by atoms with Crippen LogP contribution in [0.3, 0.4) is 0 Å². The zero-order valence-corrected chi connectivity index (χ0v) is 10.7. The maximum absolute atomic E-state index is 11.6. The van der Waals surface area contributed by atoms with E-state index in [4.69, 9.17) is 0 Å². The molecule has 2 rings (SSSR count). The molecule has 1 aliphatic rings. The van der Waals surface area contributed by atoms with Crippen LogP contribution in [0, 0.1) is 0 Å². The molecule has 0 bridgehead atoms. The molecule has 1 aliphatic heterocycles. The third-order valence-corrected chi connectivity index (χ3v) is 3.29. The first-order valence-corrected chi connectivity index (χ1v) is 6.36. The zero-order valence-electron chi connectivity index (χ0n) is 10.7. The Hall–Kier alpha value is -1.84. The van der Waals surface area contributed by atoms with Crippen LogP contribution in [0.1, 0.15) is 31.4 Å². The van der Waals surface area contributed by atoms with Crippen LogP contribution in [0.4, 0.5) is 5.69 Å². The lowest BCUT2D eigenvalue weighted by Gasteiger charge is -2.18. The predicted octanol–water partition coefficient (Wildman–Crippen LogP) is 1.64. The highest BCUT2D eigenvalue weighted by Crippen LogP contribution is 2.24. The van der Waals surface area contributed by atoms with E-state index in [1.165, 1.54) is 11.1 Å². The van der Waals surface area contributed by atoms with Crippen molar-refractivity contribution in [3.8, 4) is 0 Å². The molecule has 1 atom stereocenters. The Morgan fingerprint density at radius 3 is 2.28 bits per heavy atom. The summed E-state index contributed by atoms with van der Waals surface area (Å²) < 4.78 is 0. The first-order valence-electron chi connectivity index (χ1n) is 6.36. The lowest BCUT2D eigenvalue weighted by Crippen LogP contribution is -2.30. The van der Waals surface area contributed by atoms with Crippen molar-refractivity contribution in [1.29, 1.82) is 0 Å². The molecule has 96 valence electrons. The number of hydrogen-bond acceptors (Lipinski definition) is 3. The average molecular weight is 246 g/mol. The minimum atomic E-state index is -0.435. The maximum atomic E-state index is 11.6. The molecule has 18 heavy (non-hydrogen) atoms. The summed E-state index contributed by atoms with van der Waals surface area (Å²) in [4.78, 5) is 22.8. The number of carbonyl (C=O) groups excluding carboxylic acids is 2. The fourth-order valence-electron chi connectivity index (χ4n) is 2.27. The summed E-state index contributed by atoms with van der Waals surface area (Å²) in [6, 6.07) is 5.70. The van der Waals surface area contributed by atoms with Gasteiger partial charge in [-0.25, -0.2) is 0 Å². The third-order valence-electron chi connectivity index (χ3n) is 3.29. The number of para-hydroxylation sites is 1. The topological polar surface area (TPSA) is 58.2 Å². The normalized spacial score (nSPS) is 18.9. The van der Waals surface area contributed by atoms with Crippen molar-refractivity contribution in [2.75, 3.05) is 5.32 Å². The molecule has 1 aromatic carbocycles. The number of amides is 2. The lowest BCUT2D eigenvalue weighted by molar-refractivity contribution is -0.124. The molecule has 1 unspecified atom stereocenters. The van der Waals surface area contributed by atoms with Crippen LogP contribution >= 0.6 is 0 Å². The largest absolute Gasteiger partial charge is 0.373 e. The number of imide groups is 1. The van der Waals surface area contributed by atoms with Gasteiger partial charge in [0.1, 0.15) is 6.04 Å². The number of aryl methyl sites for hydroxylation is 2. The number of anilines is 1. The van der Waals surface area contributed by atoms with Crippen molar-refractivity contribution in [3.63, 3.8) is 0 Å². The number of hydrogen-bond donors (Lipinski definition) is 2. The predicted molar refractivity (Wildman–Crippen MR) is 70.4 cm³/mol. The van der Waals surface area contributed by atoms with Crippen molar-refractivity contribution in [3.05, 3.63) is 29.3 Å². The van der Waals surface area contributed by atoms with E-state index in [0.717, 1.165) is 18.5 Å². The molecule has 1 aromatic rings. The lowest BCUT2D eigenvalue weighted by atomic mass is 10.0. The summed E-state index contributed by atoms with van der Waals surface area (Å²) in [7, 11) is 0. The van der Waals surface area contributed by atoms with Crippen LogP contribution in [-0.4, -0.2) is 17.9 Å². The Kier molecular flexibility index (Phi) is 3.65. The average Bonchev–Trinajstić information content (AvgIpc) is 2.68. The fourth-order valence-corrected chi connectivity index (χ4v) is 2.27. The highest BCUT2D eigenvalue weighted by molar-refractivity contribution is 6.06. The minimum Gasteiger partial charge on any atom is -0.373 e.